The van der Waals surface area contributed by atoms with Gasteiger partial charge in [-0.3, -0.25) is 0 Å². The summed E-state index contributed by atoms with van der Waals surface area (Å²) in [7, 11) is 1.88. The van der Waals surface area contributed by atoms with E-state index >= 15 is 0 Å². The molecule has 2 heteroatoms. The Labute approximate surface area is 74.0 Å². The van der Waals surface area contributed by atoms with Gasteiger partial charge in [0.05, 0.1) is 5.69 Å². The molecule has 0 amide bonds. The topological polar surface area (TPSA) is 29.3 Å². The molecule has 12 heavy (non-hydrogen) atoms. The summed E-state index contributed by atoms with van der Waals surface area (Å²) < 4.78 is 0. The van der Waals surface area contributed by atoms with Gasteiger partial charge in [0.1, 0.15) is 0 Å². The van der Waals surface area contributed by atoms with Crippen molar-refractivity contribution in [1.29, 1.82) is 0 Å². The predicted octanol–water partition coefficient (Wildman–Crippen LogP) is 1.87. The maximum atomic E-state index is 5.72. The lowest BCUT2D eigenvalue weighted by atomic mass is 10.1. The van der Waals surface area contributed by atoms with Crippen LogP contribution in [0.4, 0.5) is 5.69 Å². The first kappa shape index (κ1) is 9.07. The highest BCUT2D eigenvalue weighted by molar-refractivity contribution is 5.57. The molecule has 0 spiro atoms. The van der Waals surface area contributed by atoms with E-state index in [9.17, 15) is 0 Å². The van der Waals surface area contributed by atoms with Crippen molar-refractivity contribution in [3.8, 4) is 0 Å². The molecule has 0 unspecified atom stereocenters. The SMILES string of the molecule is CCc1cccc(C)c1N(C)N. The molecule has 0 aliphatic carbocycles. The maximum absolute atomic E-state index is 5.72. The summed E-state index contributed by atoms with van der Waals surface area (Å²) in [6, 6.07) is 6.27. The van der Waals surface area contributed by atoms with E-state index in [1.807, 2.05) is 7.05 Å². The minimum absolute atomic E-state index is 1.03. The van der Waals surface area contributed by atoms with E-state index in [-0.39, 0.29) is 0 Å². The smallest absolute Gasteiger partial charge is 0.0574 e. The quantitative estimate of drug-likeness (QED) is 0.534. The summed E-state index contributed by atoms with van der Waals surface area (Å²) >= 11 is 0. The maximum Gasteiger partial charge on any atom is 0.0574 e. The standard InChI is InChI=1S/C10H16N2/c1-4-9-7-5-6-8(2)10(9)12(3)11/h5-7H,4,11H2,1-3H3. The van der Waals surface area contributed by atoms with Gasteiger partial charge in [0.2, 0.25) is 0 Å². The summed E-state index contributed by atoms with van der Waals surface area (Å²) in [5.74, 6) is 5.72. The Hall–Kier alpha value is -1.02. The first-order chi connectivity index (χ1) is 5.66. The molecule has 0 fully saturated rings. The average molecular weight is 164 g/mol. The zero-order chi connectivity index (χ0) is 9.14. The summed E-state index contributed by atoms with van der Waals surface area (Å²) in [4.78, 5) is 0. The van der Waals surface area contributed by atoms with Crippen LogP contribution in [0.1, 0.15) is 18.1 Å². The lowest BCUT2D eigenvalue weighted by Gasteiger charge is -2.18. The fourth-order valence-corrected chi connectivity index (χ4v) is 1.51. The van der Waals surface area contributed by atoms with Gasteiger partial charge in [0, 0.05) is 7.05 Å². The van der Waals surface area contributed by atoms with Gasteiger partial charge in [-0.25, -0.2) is 5.84 Å². The van der Waals surface area contributed by atoms with Gasteiger partial charge in [-0.05, 0) is 24.5 Å². The van der Waals surface area contributed by atoms with Crippen LogP contribution >= 0.6 is 0 Å². The number of benzene rings is 1. The molecule has 2 N–H and O–H groups in total. The minimum atomic E-state index is 1.03. The van der Waals surface area contributed by atoms with Crippen molar-refractivity contribution in [3.05, 3.63) is 29.3 Å². The first-order valence-electron chi connectivity index (χ1n) is 4.23. The molecule has 0 bridgehead atoms. The number of hydrazine groups is 1. The Morgan fingerprint density at radius 1 is 1.42 bits per heavy atom. The summed E-state index contributed by atoms with van der Waals surface area (Å²) in [6.45, 7) is 4.22. The number of nitrogens with two attached hydrogens (primary N) is 1. The molecule has 0 aliphatic rings. The van der Waals surface area contributed by atoms with Gasteiger partial charge in [-0.2, -0.15) is 0 Å². The van der Waals surface area contributed by atoms with Crippen molar-refractivity contribution >= 4 is 5.69 Å². The van der Waals surface area contributed by atoms with Crippen molar-refractivity contribution in [2.45, 2.75) is 20.3 Å². The van der Waals surface area contributed by atoms with Crippen molar-refractivity contribution in [2.75, 3.05) is 12.1 Å². The Balaban J connectivity index is 3.20. The second-order valence-corrected chi connectivity index (χ2v) is 3.05. The van der Waals surface area contributed by atoms with Crippen LogP contribution in [-0.4, -0.2) is 7.05 Å². The highest BCUT2D eigenvalue weighted by Gasteiger charge is 2.04. The summed E-state index contributed by atoms with van der Waals surface area (Å²) in [5.41, 5.74) is 3.69. The molecule has 1 rings (SSSR count). The Morgan fingerprint density at radius 2 is 2.08 bits per heavy atom. The summed E-state index contributed by atoms with van der Waals surface area (Å²) in [6.07, 6.45) is 1.03. The van der Waals surface area contributed by atoms with Gasteiger partial charge in [-0.1, -0.05) is 25.1 Å². The van der Waals surface area contributed by atoms with Crippen LogP contribution in [0.2, 0.25) is 0 Å². The van der Waals surface area contributed by atoms with E-state index in [2.05, 4.69) is 32.0 Å². The zero-order valence-electron chi connectivity index (χ0n) is 7.96. The Morgan fingerprint density at radius 3 is 2.50 bits per heavy atom. The van der Waals surface area contributed by atoms with E-state index in [4.69, 9.17) is 5.84 Å². The third kappa shape index (κ3) is 1.59. The molecular formula is C10H16N2. The van der Waals surface area contributed by atoms with Crippen LogP contribution in [0.3, 0.4) is 0 Å². The van der Waals surface area contributed by atoms with E-state index in [0.717, 1.165) is 12.1 Å². The normalized spacial score (nSPS) is 10.0. The third-order valence-electron chi connectivity index (χ3n) is 2.05. The lowest BCUT2D eigenvalue weighted by Crippen LogP contribution is -2.27. The molecule has 0 saturated carbocycles. The molecule has 1 aromatic carbocycles. The van der Waals surface area contributed by atoms with E-state index in [0.29, 0.717) is 0 Å². The third-order valence-corrected chi connectivity index (χ3v) is 2.05. The Bertz CT molecular complexity index is 267. The monoisotopic (exact) mass is 164 g/mol. The van der Waals surface area contributed by atoms with Crippen LogP contribution in [0.25, 0.3) is 0 Å². The molecule has 0 aromatic heterocycles. The highest BCUT2D eigenvalue weighted by Crippen LogP contribution is 2.22. The second-order valence-electron chi connectivity index (χ2n) is 3.05. The molecule has 0 saturated heterocycles. The minimum Gasteiger partial charge on any atom is -0.314 e. The molecule has 1 aromatic rings. The molecule has 0 atom stereocenters. The zero-order valence-corrected chi connectivity index (χ0v) is 7.96. The predicted molar refractivity (Wildman–Crippen MR) is 53.1 cm³/mol. The molecular weight excluding hydrogens is 148 g/mol. The number of nitrogens with zero attached hydrogens (tertiary/aromatic N) is 1. The highest BCUT2D eigenvalue weighted by atomic mass is 15.4. The molecule has 0 aliphatic heterocycles. The van der Waals surface area contributed by atoms with Crippen molar-refractivity contribution in [2.24, 2.45) is 5.84 Å². The van der Waals surface area contributed by atoms with E-state index in [1.165, 1.54) is 11.1 Å². The Kier molecular flexibility index (Phi) is 2.71. The molecule has 2 nitrogen and oxygen atoms in total. The molecule has 0 heterocycles. The fourth-order valence-electron chi connectivity index (χ4n) is 1.51. The van der Waals surface area contributed by atoms with Gasteiger partial charge >= 0.3 is 0 Å². The van der Waals surface area contributed by atoms with Gasteiger partial charge < -0.3 is 5.01 Å². The van der Waals surface area contributed by atoms with E-state index in [1.54, 1.807) is 5.01 Å². The van der Waals surface area contributed by atoms with Crippen LogP contribution in [0.15, 0.2) is 18.2 Å². The number of para-hydroxylation sites is 1. The van der Waals surface area contributed by atoms with Crippen LogP contribution in [0.5, 0.6) is 0 Å². The number of hydrogen-bond acceptors (Lipinski definition) is 2. The number of anilines is 1. The van der Waals surface area contributed by atoms with Crippen molar-refractivity contribution in [3.63, 3.8) is 0 Å². The second kappa shape index (κ2) is 3.59. The van der Waals surface area contributed by atoms with Crippen molar-refractivity contribution < 1.29 is 0 Å². The largest absolute Gasteiger partial charge is 0.314 e. The van der Waals surface area contributed by atoms with Crippen LogP contribution < -0.4 is 10.9 Å². The van der Waals surface area contributed by atoms with Gasteiger partial charge in [0.15, 0.2) is 0 Å². The van der Waals surface area contributed by atoms with Crippen LogP contribution in [-0.2, 0) is 6.42 Å². The van der Waals surface area contributed by atoms with E-state index < -0.39 is 0 Å². The first-order valence-corrected chi connectivity index (χ1v) is 4.23. The number of rotatable bonds is 2. The van der Waals surface area contributed by atoms with Crippen LogP contribution in [0, 0.1) is 6.92 Å². The molecule has 0 radical (unpaired) electrons. The average Bonchev–Trinajstić information content (AvgIpc) is 2.03. The number of hydrogen-bond donors (Lipinski definition) is 1. The number of aryl methyl sites for hydroxylation is 2. The fraction of sp³-hybridized carbons (Fsp3) is 0.400. The van der Waals surface area contributed by atoms with Gasteiger partial charge in [0.25, 0.3) is 0 Å². The van der Waals surface area contributed by atoms with Gasteiger partial charge in [-0.15, -0.1) is 0 Å². The van der Waals surface area contributed by atoms with Crippen molar-refractivity contribution in [1.82, 2.24) is 0 Å². The lowest BCUT2D eigenvalue weighted by molar-refractivity contribution is 0.976. The molecule has 66 valence electrons. The summed E-state index contributed by atoms with van der Waals surface area (Å²) in [5, 5.41) is 1.69.